The highest BCUT2D eigenvalue weighted by Crippen LogP contribution is 2.60. The average Bonchev–Trinajstić information content (AvgIpc) is 3.69. The molecule has 11 aromatic rings. The van der Waals surface area contributed by atoms with Crippen LogP contribution in [0.5, 0.6) is 23.0 Å². The minimum absolute atomic E-state index is 0.547. The molecule has 314 valence electrons. The third-order valence-electron chi connectivity index (χ3n) is 13.3. The second-order valence-corrected chi connectivity index (χ2v) is 17.0. The van der Waals surface area contributed by atoms with Crippen LogP contribution >= 0.6 is 0 Å². The first-order valence-electron chi connectivity index (χ1n) is 22.6. The molecule has 0 saturated carbocycles. The molecule has 0 radical (unpaired) electrons. The summed E-state index contributed by atoms with van der Waals surface area (Å²) in [5.74, 6) is 4.41. The van der Waals surface area contributed by atoms with Gasteiger partial charge in [-0.2, -0.15) is 0 Å². The Morgan fingerprint density at radius 2 is 0.761 bits per heavy atom. The van der Waals surface area contributed by atoms with Gasteiger partial charge in [-0.05, 0) is 96.7 Å². The molecule has 67 heavy (non-hydrogen) atoms. The lowest BCUT2D eigenvalue weighted by molar-refractivity contribution is 0.359. The second kappa shape index (κ2) is 15.7. The van der Waals surface area contributed by atoms with E-state index in [-0.39, 0.29) is 0 Å². The van der Waals surface area contributed by atoms with E-state index in [0.29, 0.717) is 40.5 Å². The first-order valence-corrected chi connectivity index (χ1v) is 22.6. The molecule has 13 rings (SSSR count). The van der Waals surface area contributed by atoms with E-state index in [2.05, 4.69) is 182 Å². The molecular weight excluding hydrogens is 819 g/mol. The summed E-state index contributed by atoms with van der Waals surface area (Å²) in [6.07, 6.45) is 0. The predicted octanol–water partition coefficient (Wildman–Crippen LogP) is 15.6. The Balaban J connectivity index is 0.919. The van der Waals surface area contributed by atoms with Crippen molar-refractivity contribution >= 4 is 10.8 Å². The molecule has 0 spiro atoms. The molecule has 0 bridgehead atoms. The Bertz CT molecular complexity index is 3650. The Morgan fingerprint density at radius 1 is 0.269 bits per heavy atom. The van der Waals surface area contributed by atoms with Crippen LogP contribution in [0.3, 0.4) is 0 Å². The van der Waals surface area contributed by atoms with Gasteiger partial charge in [-0.15, -0.1) is 0 Å². The van der Waals surface area contributed by atoms with Crippen molar-refractivity contribution in [2.24, 2.45) is 0 Å². The summed E-state index contributed by atoms with van der Waals surface area (Å²) >= 11 is 0. The summed E-state index contributed by atoms with van der Waals surface area (Å²) < 4.78 is 13.7. The molecule has 1 aliphatic heterocycles. The van der Waals surface area contributed by atoms with Gasteiger partial charge in [0.15, 0.2) is 40.5 Å². The Kier molecular flexibility index (Phi) is 9.00. The van der Waals surface area contributed by atoms with E-state index in [1.165, 1.54) is 22.3 Å². The van der Waals surface area contributed by atoms with Gasteiger partial charge in [0.2, 0.25) is 0 Å². The Morgan fingerprint density at radius 3 is 1.46 bits per heavy atom. The minimum atomic E-state index is -0.547. The maximum absolute atomic E-state index is 6.88. The number of hydrogen-bond donors (Lipinski definition) is 0. The summed E-state index contributed by atoms with van der Waals surface area (Å²) in [4.78, 5) is 15.6. The van der Waals surface area contributed by atoms with Crippen LogP contribution < -0.4 is 9.47 Å². The van der Waals surface area contributed by atoms with Crippen LogP contribution in [0.4, 0.5) is 0 Å². The molecule has 0 unspecified atom stereocenters. The van der Waals surface area contributed by atoms with Gasteiger partial charge >= 0.3 is 0 Å². The summed E-state index contributed by atoms with van der Waals surface area (Å²) in [7, 11) is 0. The van der Waals surface area contributed by atoms with Crippen molar-refractivity contribution in [1.29, 1.82) is 0 Å². The van der Waals surface area contributed by atoms with Crippen LogP contribution in [-0.2, 0) is 5.41 Å². The van der Waals surface area contributed by atoms with Gasteiger partial charge in [0, 0.05) is 16.7 Å². The third-order valence-corrected chi connectivity index (χ3v) is 13.3. The van der Waals surface area contributed by atoms with Crippen molar-refractivity contribution in [1.82, 2.24) is 15.0 Å². The molecule has 5 nitrogen and oxygen atoms in total. The zero-order chi connectivity index (χ0) is 44.3. The van der Waals surface area contributed by atoms with Crippen LogP contribution in [0.1, 0.15) is 22.3 Å². The Hall–Kier alpha value is -8.93. The second-order valence-electron chi connectivity index (χ2n) is 17.0. The first kappa shape index (κ1) is 38.5. The van der Waals surface area contributed by atoms with E-state index in [1.807, 2.05) is 54.6 Å². The fraction of sp³-hybridized carbons (Fsp3) is 0.0161. The quantitative estimate of drug-likeness (QED) is 0.160. The lowest BCUT2D eigenvalue weighted by Crippen LogP contribution is -2.28. The van der Waals surface area contributed by atoms with Crippen molar-refractivity contribution in [3.63, 3.8) is 0 Å². The van der Waals surface area contributed by atoms with Crippen LogP contribution in [0.2, 0.25) is 0 Å². The number of rotatable bonds is 7. The van der Waals surface area contributed by atoms with Crippen molar-refractivity contribution in [3.05, 3.63) is 259 Å². The topological polar surface area (TPSA) is 57.1 Å². The van der Waals surface area contributed by atoms with Gasteiger partial charge in [-0.1, -0.05) is 206 Å². The molecule has 2 heterocycles. The maximum atomic E-state index is 6.88. The highest BCUT2D eigenvalue weighted by molar-refractivity contribution is 6.04. The molecule has 0 saturated heterocycles. The lowest BCUT2D eigenvalue weighted by atomic mass is 9.67. The van der Waals surface area contributed by atoms with Crippen LogP contribution in [0.25, 0.3) is 78.3 Å². The van der Waals surface area contributed by atoms with Crippen LogP contribution in [-0.4, -0.2) is 15.0 Å². The molecule has 0 fully saturated rings. The van der Waals surface area contributed by atoms with E-state index in [1.54, 1.807) is 0 Å². The van der Waals surface area contributed by atoms with Crippen LogP contribution in [0.15, 0.2) is 237 Å². The van der Waals surface area contributed by atoms with Gasteiger partial charge in [-0.3, -0.25) is 0 Å². The van der Waals surface area contributed by atoms with Gasteiger partial charge in [0.1, 0.15) is 0 Å². The zero-order valence-electron chi connectivity index (χ0n) is 36.2. The number of aromatic nitrogens is 3. The summed E-state index contributed by atoms with van der Waals surface area (Å²) in [6, 6.07) is 82.5. The van der Waals surface area contributed by atoms with Crippen molar-refractivity contribution in [2.75, 3.05) is 0 Å². The van der Waals surface area contributed by atoms with Crippen molar-refractivity contribution < 1.29 is 9.47 Å². The molecule has 10 aromatic carbocycles. The molecule has 1 aromatic heterocycles. The molecule has 5 heteroatoms. The zero-order valence-corrected chi connectivity index (χ0v) is 36.2. The Labute approximate surface area is 388 Å². The highest BCUT2D eigenvalue weighted by Gasteiger charge is 2.47. The van der Waals surface area contributed by atoms with Gasteiger partial charge in [-0.25, -0.2) is 15.0 Å². The molecular formula is C62H39N3O2. The monoisotopic (exact) mass is 857 g/mol. The number of nitrogens with zero attached hydrogens (tertiary/aromatic N) is 3. The van der Waals surface area contributed by atoms with Crippen LogP contribution in [0, 0.1) is 0 Å². The van der Waals surface area contributed by atoms with E-state index in [4.69, 9.17) is 24.4 Å². The fourth-order valence-electron chi connectivity index (χ4n) is 10.3. The maximum Gasteiger partial charge on any atom is 0.170 e. The normalized spacial score (nSPS) is 12.8. The minimum Gasteiger partial charge on any atom is -0.450 e. The fourth-order valence-corrected chi connectivity index (χ4v) is 10.3. The van der Waals surface area contributed by atoms with E-state index in [9.17, 15) is 0 Å². The average molecular weight is 858 g/mol. The van der Waals surface area contributed by atoms with Gasteiger partial charge in [0.05, 0.1) is 5.41 Å². The molecule has 1 aliphatic carbocycles. The number of hydrogen-bond acceptors (Lipinski definition) is 5. The number of benzene rings is 10. The van der Waals surface area contributed by atoms with E-state index < -0.39 is 5.41 Å². The molecule has 0 amide bonds. The van der Waals surface area contributed by atoms with Gasteiger partial charge in [0.25, 0.3) is 0 Å². The lowest BCUT2D eigenvalue weighted by Gasteiger charge is -2.34. The summed E-state index contributed by atoms with van der Waals surface area (Å²) in [5.41, 5.74) is 13.5. The first-order chi connectivity index (χ1) is 33.2. The van der Waals surface area contributed by atoms with E-state index in [0.717, 1.165) is 60.8 Å². The number of fused-ring (bicyclic) bond motifs is 6. The number of ether oxygens (including phenoxy) is 2. The largest absolute Gasteiger partial charge is 0.450 e. The van der Waals surface area contributed by atoms with Gasteiger partial charge < -0.3 is 9.47 Å². The van der Waals surface area contributed by atoms with Crippen molar-refractivity contribution in [2.45, 2.75) is 5.41 Å². The SMILES string of the molecule is c1ccc(-c2nc(-c3ccccc3-c3ccc4c(c3)Oc3cc5c(cc3O4)C(c3ccccc3)(c3ccccc3)c3ccccc3-5)nc(-c3ccc(-c4ccccc4)c4ccccc34)n2)cc1. The molecule has 0 atom stereocenters. The molecule has 2 aliphatic rings. The molecule has 0 N–H and O–H groups in total. The standard InChI is InChI=1S/C62H39N3O2/c1-5-19-40(20-6-1)46-34-35-51(48-29-15-14-28-47(46)48)61-64-59(41-21-7-2-8-22-41)63-60(65-61)50-31-16-13-27-45(50)42-33-36-55-56(37-42)67-57-38-52-49-30-17-18-32-53(49)62(43-23-9-3-10-24-43,44-25-11-4-12-26-44)54(52)39-58(57)66-55/h1-39H. The summed E-state index contributed by atoms with van der Waals surface area (Å²) in [5, 5.41) is 2.20. The summed E-state index contributed by atoms with van der Waals surface area (Å²) in [6.45, 7) is 0. The van der Waals surface area contributed by atoms with E-state index >= 15 is 0 Å². The highest BCUT2D eigenvalue weighted by atomic mass is 16.6. The third kappa shape index (κ3) is 6.28. The smallest absolute Gasteiger partial charge is 0.170 e. The predicted molar refractivity (Wildman–Crippen MR) is 268 cm³/mol. The van der Waals surface area contributed by atoms with Crippen molar-refractivity contribution in [3.8, 4) is 90.5 Å².